The number of fused-ring (bicyclic) bond motifs is 1. The van der Waals surface area contributed by atoms with Crippen LogP contribution in [0, 0.1) is 0 Å². The van der Waals surface area contributed by atoms with Gasteiger partial charge in [0.25, 0.3) is 0 Å². The first kappa shape index (κ1) is 12.6. The second kappa shape index (κ2) is 4.94. The first-order valence-electron chi connectivity index (χ1n) is 5.87. The van der Waals surface area contributed by atoms with E-state index in [1.807, 2.05) is 0 Å². The lowest BCUT2D eigenvalue weighted by atomic mass is 9.95. The van der Waals surface area contributed by atoms with Gasteiger partial charge in [0.05, 0.1) is 17.8 Å². The molecule has 0 fully saturated rings. The smallest absolute Gasteiger partial charge is 0.228 e. The maximum atomic E-state index is 12.2. The molecule has 1 heterocycles. The Morgan fingerprint density at radius 3 is 2.60 bits per heavy atom. The number of rotatable bonds is 1. The summed E-state index contributed by atoms with van der Waals surface area (Å²) in [6, 6.07) is 6.77. The first-order valence-corrected chi connectivity index (χ1v) is 6.25. The molecule has 0 radical (unpaired) electrons. The fraction of sp³-hybridized carbons (Fsp3) is 0.0714. The summed E-state index contributed by atoms with van der Waals surface area (Å²) in [6.45, 7) is 0. The topological polar surface area (TPSA) is 72.3 Å². The molecule has 0 aliphatic heterocycles. The Morgan fingerprint density at radius 2 is 1.85 bits per heavy atom. The van der Waals surface area contributed by atoms with Crippen molar-refractivity contribution in [3.63, 3.8) is 0 Å². The molecular weight excluding hydrogens is 278 g/mol. The van der Waals surface area contributed by atoms with E-state index in [9.17, 15) is 9.59 Å². The van der Waals surface area contributed by atoms with Gasteiger partial charge in [-0.1, -0.05) is 17.7 Å². The summed E-state index contributed by atoms with van der Waals surface area (Å²) >= 11 is 5.87. The van der Waals surface area contributed by atoms with Crippen molar-refractivity contribution in [2.75, 3.05) is 0 Å². The van der Waals surface area contributed by atoms with Crippen LogP contribution in [0.2, 0.25) is 5.02 Å². The zero-order chi connectivity index (χ0) is 14.1. The normalized spacial score (nSPS) is 16.4. The molecule has 98 valence electrons. The highest BCUT2D eigenvalue weighted by Crippen LogP contribution is 2.22. The van der Waals surface area contributed by atoms with E-state index in [4.69, 9.17) is 11.6 Å². The van der Waals surface area contributed by atoms with Crippen LogP contribution in [0.1, 0.15) is 27.4 Å². The summed E-state index contributed by atoms with van der Waals surface area (Å²) < 4.78 is 0. The van der Waals surface area contributed by atoms with Crippen molar-refractivity contribution in [2.45, 2.75) is 6.42 Å². The average molecular weight is 286 g/mol. The summed E-state index contributed by atoms with van der Waals surface area (Å²) in [7, 11) is 0. The maximum Gasteiger partial charge on any atom is 0.228 e. The van der Waals surface area contributed by atoms with Crippen molar-refractivity contribution in [3.05, 3.63) is 53.1 Å². The van der Waals surface area contributed by atoms with Crippen molar-refractivity contribution >= 4 is 34.6 Å². The Morgan fingerprint density at radius 1 is 1.10 bits per heavy atom. The number of ketones is 2. The Labute approximate surface area is 119 Å². The number of aromatic nitrogens is 2. The number of aliphatic imine (C=N–C) groups is 1. The molecule has 1 aliphatic carbocycles. The van der Waals surface area contributed by atoms with Crippen molar-refractivity contribution < 1.29 is 9.59 Å². The molecule has 2 aromatic rings. The van der Waals surface area contributed by atoms with Crippen LogP contribution in [0.3, 0.4) is 0 Å². The minimum Gasteiger partial charge on any atom is -0.292 e. The molecule has 1 aromatic heterocycles. The Bertz CT molecular complexity index is 756. The predicted molar refractivity (Wildman–Crippen MR) is 73.9 cm³/mol. The number of hydrogen-bond donors (Lipinski definition) is 0. The van der Waals surface area contributed by atoms with Gasteiger partial charge >= 0.3 is 0 Å². The highest BCUT2D eigenvalue weighted by atomic mass is 35.5. The molecule has 0 bridgehead atoms. The summed E-state index contributed by atoms with van der Waals surface area (Å²) in [5.41, 5.74) is 0.860. The largest absolute Gasteiger partial charge is 0.292 e. The van der Waals surface area contributed by atoms with Gasteiger partial charge in [0.2, 0.25) is 5.78 Å². The molecule has 1 aromatic carbocycles. The van der Waals surface area contributed by atoms with Crippen LogP contribution in [-0.2, 0) is 0 Å². The Hall–Kier alpha value is -2.40. The molecule has 0 atom stereocenters. The number of carbonyl (C=O) groups is 2. The quantitative estimate of drug-likeness (QED) is 0.807. The molecule has 0 saturated heterocycles. The zero-order valence-corrected chi connectivity index (χ0v) is 11.0. The number of carbonyl (C=O) groups excluding carboxylic acids is 2. The predicted octanol–water partition coefficient (Wildman–Crippen LogP) is 2.67. The van der Waals surface area contributed by atoms with Crippen molar-refractivity contribution in [2.24, 2.45) is 4.99 Å². The third kappa shape index (κ3) is 2.23. The average Bonchev–Trinajstić information content (AvgIpc) is 2.45. The van der Waals surface area contributed by atoms with Gasteiger partial charge in [-0.25, -0.2) is 15.0 Å². The second-order valence-electron chi connectivity index (χ2n) is 4.22. The second-order valence-corrected chi connectivity index (χ2v) is 4.66. The zero-order valence-electron chi connectivity index (χ0n) is 10.2. The third-order valence-corrected chi connectivity index (χ3v) is 3.07. The highest BCUT2D eigenvalue weighted by Gasteiger charge is 2.31. The van der Waals surface area contributed by atoms with Gasteiger partial charge in [-0.3, -0.25) is 9.59 Å². The molecule has 1 aliphatic rings. The van der Waals surface area contributed by atoms with Crippen LogP contribution in [0.4, 0.5) is 5.69 Å². The van der Waals surface area contributed by atoms with E-state index in [0.717, 1.165) is 0 Å². The minimum atomic E-state index is -0.368. The van der Waals surface area contributed by atoms with E-state index in [0.29, 0.717) is 10.7 Å². The van der Waals surface area contributed by atoms with E-state index in [1.165, 1.54) is 12.4 Å². The van der Waals surface area contributed by atoms with Gasteiger partial charge in [-0.15, -0.1) is 0 Å². The minimum absolute atomic E-state index is 0.0597. The Balaban J connectivity index is 2.05. The lowest BCUT2D eigenvalue weighted by molar-refractivity contribution is 0.0957. The lowest BCUT2D eigenvalue weighted by Gasteiger charge is -2.13. The molecule has 0 unspecified atom stereocenters. The molecule has 0 N–H and O–H groups in total. The summed E-state index contributed by atoms with van der Waals surface area (Å²) in [4.78, 5) is 36.2. The highest BCUT2D eigenvalue weighted by molar-refractivity contribution is 6.52. The molecule has 0 saturated carbocycles. The van der Waals surface area contributed by atoms with Crippen LogP contribution in [0.15, 0.2) is 41.7 Å². The van der Waals surface area contributed by atoms with E-state index in [1.54, 1.807) is 24.3 Å². The number of halogens is 1. The van der Waals surface area contributed by atoms with Gasteiger partial charge in [0, 0.05) is 17.4 Å². The number of benzene rings is 1. The number of hydrogen-bond acceptors (Lipinski definition) is 5. The fourth-order valence-corrected chi connectivity index (χ4v) is 2.14. The van der Waals surface area contributed by atoms with Crippen LogP contribution in [0.5, 0.6) is 0 Å². The van der Waals surface area contributed by atoms with E-state index in [2.05, 4.69) is 15.0 Å². The van der Waals surface area contributed by atoms with Crippen LogP contribution >= 0.6 is 11.6 Å². The fourth-order valence-electron chi connectivity index (χ4n) is 1.95. The third-order valence-electron chi connectivity index (χ3n) is 2.84. The summed E-state index contributed by atoms with van der Waals surface area (Å²) in [5.74, 6) is -0.624. The molecule has 20 heavy (non-hydrogen) atoms. The molecule has 6 heteroatoms. The van der Waals surface area contributed by atoms with Crippen molar-refractivity contribution in [1.29, 1.82) is 0 Å². The Kier molecular flexibility index (Phi) is 3.12. The maximum absolute atomic E-state index is 12.2. The molecule has 0 amide bonds. The van der Waals surface area contributed by atoms with Crippen LogP contribution in [0.25, 0.3) is 0 Å². The van der Waals surface area contributed by atoms with Crippen molar-refractivity contribution in [3.8, 4) is 0 Å². The monoisotopic (exact) mass is 285 g/mol. The van der Waals surface area contributed by atoms with E-state index >= 15 is 0 Å². The molecule has 3 rings (SSSR count). The summed E-state index contributed by atoms with van der Waals surface area (Å²) in [6.07, 6.45) is 2.70. The van der Waals surface area contributed by atoms with Gasteiger partial charge in [0.15, 0.2) is 5.78 Å². The molecule has 0 spiro atoms. The van der Waals surface area contributed by atoms with Gasteiger partial charge < -0.3 is 0 Å². The van der Waals surface area contributed by atoms with E-state index in [-0.39, 0.29) is 35.1 Å². The SMILES string of the molecule is O=C1CC(=Nc2cccc(Cl)c2)C(=O)c2nccnc21. The molecular formula is C14H8ClN3O2. The number of nitrogens with zero attached hydrogens (tertiary/aromatic N) is 3. The van der Waals surface area contributed by atoms with Crippen LogP contribution in [-0.4, -0.2) is 27.2 Å². The van der Waals surface area contributed by atoms with Gasteiger partial charge in [0.1, 0.15) is 11.4 Å². The number of Topliss-reactive ketones (excluding diaryl/α,β-unsaturated/α-hetero) is 2. The summed E-state index contributed by atoms with van der Waals surface area (Å²) in [5, 5.41) is 0.515. The standard InChI is InChI=1S/C14H8ClN3O2/c15-8-2-1-3-9(6-8)18-10-7-11(19)12-13(14(10)20)17-5-4-16-12/h1-6H,7H2. The van der Waals surface area contributed by atoms with Crippen molar-refractivity contribution in [1.82, 2.24) is 9.97 Å². The molecule has 5 nitrogen and oxygen atoms in total. The first-order chi connectivity index (χ1) is 9.65. The lowest BCUT2D eigenvalue weighted by Crippen LogP contribution is -2.29. The van der Waals surface area contributed by atoms with Crippen LogP contribution < -0.4 is 0 Å². The van der Waals surface area contributed by atoms with Gasteiger partial charge in [-0.2, -0.15) is 0 Å². The van der Waals surface area contributed by atoms with Gasteiger partial charge in [-0.05, 0) is 18.2 Å². The van der Waals surface area contributed by atoms with E-state index < -0.39 is 0 Å².